The van der Waals surface area contributed by atoms with Gasteiger partial charge in [-0.3, -0.25) is 4.90 Å². The molecule has 2 N–H and O–H groups in total. The van der Waals surface area contributed by atoms with E-state index in [2.05, 4.69) is 27.5 Å². The molecule has 3 aliphatic heterocycles. The van der Waals surface area contributed by atoms with Crippen LogP contribution in [0.15, 0.2) is 0 Å². The van der Waals surface area contributed by atoms with Crippen molar-refractivity contribution in [2.75, 3.05) is 58.9 Å². The fourth-order valence-electron chi connectivity index (χ4n) is 4.19. The number of piperazine rings is 1. The van der Waals surface area contributed by atoms with Crippen LogP contribution in [0.25, 0.3) is 0 Å². The molecule has 8 nitrogen and oxygen atoms in total. The van der Waals surface area contributed by atoms with Gasteiger partial charge in [0.05, 0.1) is 5.92 Å². The zero-order chi connectivity index (χ0) is 18.4. The Kier molecular flexibility index (Phi) is 14.2. The molecule has 0 atom stereocenters. The number of carbonyl (C=O) groups is 2. The average Bonchev–Trinajstić information content (AvgIpc) is 2.72. The van der Waals surface area contributed by atoms with Crippen molar-refractivity contribution in [3.63, 3.8) is 0 Å². The van der Waals surface area contributed by atoms with Gasteiger partial charge in [-0.1, -0.05) is 6.92 Å². The third kappa shape index (κ3) is 8.26. The predicted molar refractivity (Wildman–Crippen MR) is 120 cm³/mol. The molecule has 3 saturated heterocycles. The van der Waals surface area contributed by atoms with Crippen molar-refractivity contribution in [1.82, 2.24) is 25.5 Å². The summed E-state index contributed by atoms with van der Waals surface area (Å²) in [6.45, 7) is 10.3. The summed E-state index contributed by atoms with van der Waals surface area (Å²) < 4.78 is 0. The number of hydroxylamine groups is 1. The van der Waals surface area contributed by atoms with Gasteiger partial charge in [-0.25, -0.2) is 9.59 Å². The number of nitrogens with zero attached hydrogens (tertiary/aromatic N) is 3. The molecule has 0 saturated carbocycles. The normalized spacial score (nSPS) is 21.9. The molecule has 0 aliphatic carbocycles. The van der Waals surface area contributed by atoms with Gasteiger partial charge in [-0.2, -0.15) is 5.48 Å². The summed E-state index contributed by atoms with van der Waals surface area (Å²) >= 11 is 0. The van der Waals surface area contributed by atoms with Crippen LogP contribution in [0, 0.1) is 5.92 Å². The van der Waals surface area contributed by atoms with Crippen molar-refractivity contribution in [3.8, 4) is 0 Å². The summed E-state index contributed by atoms with van der Waals surface area (Å²) in [6.07, 6.45) is 3.97. The second kappa shape index (κ2) is 14.5. The molecule has 0 bridgehead atoms. The third-order valence-corrected chi connectivity index (χ3v) is 6.03. The van der Waals surface area contributed by atoms with E-state index in [0.29, 0.717) is 19.1 Å². The highest BCUT2D eigenvalue weighted by atomic mass is 35.5. The Balaban J connectivity index is 0.00000261. The van der Waals surface area contributed by atoms with E-state index in [1.165, 1.54) is 12.8 Å². The predicted octanol–water partition coefficient (Wildman–Crippen LogP) is 1.52. The van der Waals surface area contributed by atoms with Crippen molar-refractivity contribution in [3.05, 3.63) is 0 Å². The molecule has 0 aromatic rings. The number of carbonyl (C=O) groups excluding carboxylic acids is 2. The lowest BCUT2D eigenvalue weighted by Crippen LogP contribution is -2.55. The Morgan fingerprint density at radius 1 is 0.931 bits per heavy atom. The molecule has 3 fully saturated rings. The van der Waals surface area contributed by atoms with Gasteiger partial charge in [0.2, 0.25) is 0 Å². The summed E-state index contributed by atoms with van der Waals surface area (Å²) in [4.78, 5) is 36.1. The Morgan fingerprint density at radius 2 is 1.52 bits per heavy atom. The standard InChI is InChI=1S/C18H33N5O3.3ClH/c1-2-21-9-5-15(6-10-21)17(24)26-20-18(25)23-13-11-22(12-14-23)16-3-7-19-8-4-16;;;/h15-16,19H,2-14H2,1H3,(H,20,25);3*1H. The Morgan fingerprint density at radius 3 is 2.07 bits per heavy atom. The topological polar surface area (TPSA) is 77.2 Å². The van der Waals surface area contributed by atoms with Gasteiger partial charge >= 0.3 is 12.0 Å². The summed E-state index contributed by atoms with van der Waals surface area (Å²) in [7, 11) is 0. The molecule has 3 aliphatic rings. The average molecular weight is 477 g/mol. The first-order chi connectivity index (χ1) is 12.7. The van der Waals surface area contributed by atoms with Gasteiger partial charge < -0.3 is 20.0 Å². The van der Waals surface area contributed by atoms with Crippen molar-refractivity contribution in [2.24, 2.45) is 5.92 Å². The molecular formula is C18H36Cl3N5O3. The minimum absolute atomic E-state index is 0. The molecule has 3 heterocycles. The van der Waals surface area contributed by atoms with Crippen molar-refractivity contribution in [1.29, 1.82) is 0 Å². The summed E-state index contributed by atoms with van der Waals surface area (Å²) in [5.41, 5.74) is 2.36. The number of nitrogens with one attached hydrogen (secondary N) is 2. The number of likely N-dealkylation sites (tertiary alicyclic amines) is 1. The highest BCUT2D eigenvalue weighted by Gasteiger charge is 2.29. The van der Waals surface area contributed by atoms with E-state index >= 15 is 0 Å². The quantitative estimate of drug-likeness (QED) is 0.602. The number of rotatable bonds is 3. The van der Waals surface area contributed by atoms with E-state index in [4.69, 9.17) is 4.84 Å². The minimum atomic E-state index is -0.303. The third-order valence-electron chi connectivity index (χ3n) is 6.03. The zero-order valence-electron chi connectivity index (χ0n) is 17.1. The maximum absolute atomic E-state index is 12.3. The molecule has 11 heteroatoms. The van der Waals surface area contributed by atoms with Crippen LogP contribution in [0.2, 0.25) is 0 Å². The van der Waals surface area contributed by atoms with Crippen LogP contribution in [-0.4, -0.2) is 91.6 Å². The van der Waals surface area contributed by atoms with Gasteiger partial charge in [0, 0.05) is 32.2 Å². The number of amides is 2. The molecule has 0 unspecified atom stereocenters. The van der Waals surface area contributed by atoms with E-state index in [0.717, 1.165) is 58.7 Å². The monoisotopic (exact) mass is 475 g/mol. The van der Waals surface area contributed by atoms with Crippen LogP contribution < -0.4 is 10.8 Å². The summed E-state index contributed by atoms with van der Waals surface area (Å²) in [5.74, 6) is -0.405. The fourth-order valence-corrected chi connectivity index (χ4v) is 4.19. The Bertz CT molecular complexity index is 481. The van der Waals surface area contributed by atoms with Gasteiger partial charge in [0.25, 0.3) is 0 Å². The summed E-state index contributed by atoms with van der Waals surface area (Å²) in [5, 5.41) is 3.39. The second-order valence-electron chi connectivity index (χ2n) is 7.54. The molecule has 29 heavy (non-hydrogen) atoms. The lowest BCUT2D eigenvalue weighted by atomic mass is 9.97. The number of halogens is 3. The maximum atomic E-state index is 12.3. The van der Waals surface area contributed by atoms with Crippen LogP contribution in [0.1, 0.15) is 32.6 Å². The van der Waals surface area contributed by atoms with E-state index in [9.17, 15) is 9.59 Å². The molecule has 0 spiro atoms. The first kappa shape index (κ1) is 28.5. The van der Waals surface area contributed by atoms with Gasteiger partial charge in [0.15, 0.2) is 0 Å². The largest absolute Gasteiger partial charge is 0.350 e. The highest BCUT2D eigenvalue weighted by molar-refractivity contribution is 5.86. The molecular weight excluding hydrogens is 441 g/mol. The SMILES string of the molecule is CCN1CCC(C(=O)ONC(=O)N2CCN(C3CCNCC3)CC2)CC1.Cl.Cl.Cl. The first-order valence-electron chi connectivity index (χ1n) is 10.1. The van der Waals surface area contributed by atoms with Crippen molar-refractivity contribution in [2.45, 2.75) is 38.6 Å². The van der Waals surface area contributed by atoms with Gasteiger partial charge in [-0.15, -0.1) is 37.2 Å². The van der Waals surface area contributed by atoms with E-state index in [1.807, 2.05) is 0 Å². The Hall–Kier alpha value is -0.510. The van der Waals surface area contributed by atoms with Crippen LogP contribution in [0.4, 0.5) is 4.79 Å². The number of piperidine rings is 2. The lowest BCUT2D eigenvalue weighted by Gasteiger charge is -2.40. The van der Waals surface area contributed by atoms with Gasteiger partial charge in [-0.05, 0) is 58.4 Å². The molecule has 0 aromatic carbocycles. The highest BCUT2D eigenvalue weighted by Crippen LogP contribution is 2.18. The van der Waals surface area contributed by atoms with E-state index in [1.54, 1.807) is 4.90 Å². The Labute approximate surface area is 192 Å². The molecule has 172 valence electrons. The van der Waals surface area contributed by atoms with E-state index < -0.39 is 0 Å². The van der Waals surface area contributed by atoms with Crippen LogP contribution >= 0.6 is 37.2 Å². The molecule has 3 rings (SSSR count). The van der Waals surface area contributed by atoms with Crippen LogP contribution in [-0.2, 0) is 9.63 Å². The van der Waals surface area contributed by atoms with Crippen molar-refractivity contribution < 1.29 is 14.4 Å². The molecule has 0 aromatic heterocycles. The smallest absolute Gasteiger partial charge is 0.339 e. The van der Waals surface area contributed by atoms with E-state index in [-0.39, 0.29) is 55.1 Å². The van der Waals surface area contributed by atoms with Crippen LogP contribution in [0.5, 0.6) is 0 Å². The van der Waals surface area contributed by atoms with Gasteiger partial charge in [0.1, 0.15) is 0 Å². The maximum Gasteiger partial charge on any atom is 0.350 e. The summed E-state index contributed by atoms with van der Waals surface area (Å²) in [6, 6.07) is 0.336. The van der Waals surface area contributed by atoms with Crippen molar-refractivity contribution >= 4 is 49.2 Å². The fraction of sp³-hybridized carbons (Fsp3) is 0.889. The number of hydrogen-bond donors (Lipinski definition) is 2. The lowest BCUT2D eigenvalue weighted by molar-refractivity contribution is -0.155. The zero-order valence-corrected chi connectivity index (χ0v) is 19.6. The number of urea groups is 1. The van der Waals surface area contributed by atoms with Crippen LogP contribution in [0.3, 0.4) is 0 Å². The molecule has 0 radical (unpaired) electrons. The first-order valence-corrected chi connectivity index (χ1v) is 10.1. The number of hydrogen-bond acceptors (Lipinski definition) is 6. The minimum Gasteiger partial charge on any atom is -0.339 e. The molecule has 2 amide bonds. The second-order valence-corrected chi connectivity index (χ2v) is 7.54.